The molecule has 3 rings (SSSR count). The minimum Gasteiger partial charge on any atom is -0.382 e. The van der Waals surface area contributed by atoms with Crippen LogP contribution in [0, 0.1) is 0 Å². The van der Waals surface area contributed by atoms with Crippen LogP contribution in [0.25, 0.3) is 11.2 Å². The summed E-state index contributed by atoms with van der Waals surface area (Å²) >= 11 is 0. The number of nitrogens with two attached hydrogens (primary N) is 1. The minimum absolute atomic E-state index is 0.0778. The van der Waals surface area contributed by atoms with Crippen LogP contribution in [0.3, 0.4) is 0 Å². The molecule has 1 aliphatic rings. The first-order valence-corrected chi connectivity index (χ1v) is 5.59. The standard InChI is InChI=1S/C10H12N6O2/c11-7-6-8(13-5-12-6)15-9(14-7)10(17)16-1-3-18-4-2-16/h5H,1-4H2,(H3,11,12,13,14,15). The highest BCUT2D eigenvalue weighted by Gasteiger charge is 2.22. The third-order valence-corrected chi connectivity index (χ3v) is 2.80. The molecular formula is C10H12N6O2. The second kappa shape index (κ2) is 4.22. The molecule has 2 aromatic rings. The predicted molar refractivity (Wildman–Crippen MR) is 62.8 cm³/mol. The van der Waals surface area contributed by atoms with Gasteiger partial charge in [-0.05, 0) is 0 Å². The van der Waals surface area contributed by atoms with E-state index < -0.39 is 0 Å². The molecule has 0 aliphatic carbocycles. The Bertz CT molecular complexity index is 589. The van der Waals surface area contributed by atoms with Crippen molar-refractivity contribution in [1.82, 2.24) is 24.8 Å². The van der Waals surface area contributed by atoms with Crippen LogP contribution >= 0.6 is 0 Å². The van der Waals surface area contributed by atoms with Crippen LogP contribution in [0.1, 0.15) is 10.6 Å². The van der Waals surface area contributed by atoms with Crippen molar-refractivity contribution in [2.75, 3.05) is 32.0 Å². The van der Waals surface area contributed by atoms with Crippen molar-refractivity contribution in [3.8, 4) is 0 Å². The van der Waals surface area contributed by atoms with E-state index >= 15 is 0 Å². The van der Waals surface area contributed by atoms with Gasteiger partial charge in [-0.1, -0.05) is 0 Å². The lowest BCUT2D eigenvalue weighted by Gasteiger charge is -2.26. The van der Waals surface area contributed by atoms with Gasteiger partial charge in [-0.15, -0.1) is 0 Å². The number of aromatic amines is 1. The average Bonchev–Trinajstić information content (AvgIpc) is 2.88. The second-order valence-corrected chi connectivity index (χ2v) is 3.94. The molecule has 8 heteroatoms. The number of nitrogen functional groups attached to an aromatic ring is 1. The number of ether oxygens (including phenoxy) is 1. The molecule has 0 radical (unpaired) electrons. The number of rotatable bonds is 1. The lowest BCUT2D eigenvalue weighted by molar-refractivity contribution is 0.0295. The summed E-state index contributed by atoms with van der Waals surface area (Å²) in [6, 6.07) is 0. The normalized spacial score (nSPS) is 16.1. The Balaban J connectivity index is 1.95. The van der Waals surface area contributed by atoms with Crippen LogP contribution < -0.4 is 5.73 Å². The molecule has 3 N–H and O–H groups in total. The Labute approximate surface area is 102 Å². The lowest BCUT2D eigenvalue weighted by atomic mass is 10.3. The number of aromatic nitrogens is 4. The zero-order chi connectivity index (χ0) is 12.5. The van der Waals surface area contributed by atoms with Crippen LogP contribution in [0.15, 0.2) is 6.33 Å². The van der Waals surface area contributed by atoms with Gasteiger partial charge in [-0.2, -0.15) is 0 Å². The van der Waals surface area contributed by atoms with Gasteiger partial charge in [-0.3, -0.25) is 4.79 Å². The number of H-pyrrole nitrogens is 1. The third-order valence-electron chi connectivity index (χ3n) is 2.80. The van der Waals surface area contributed by atoms with E-state index in [9.17, 15) is 4.79 Å². The fourth-order valence-corrected chi connectivity index (χ4v) is 1.86. The molecule has 1 amide bonds. The number of nitrogens with zero attached hydrogens (tertiary/aromatic N) is 4. The highest BCUT2D eigenvalue weighted by Crippen LogP contribution is 2.14. The Hall–Kier alpha value is -2.22. The first-order valence-electron chi connectivity index (χ1n) is 5.59. The Morgan fingerprint density at radius 3 is 2.94 bits per heavy atom. The molecule has 1 aliphatic heterocycles. The maximum absolute atomic E-state index is 12.2. The summed E-state index contributed by atoms with van der Waals surface area (Å²) in [6.45, 7) is 2.15. The number of amides is 1. The van der Waals surface area contributed by atoms with Crippen molar-refractivity contribution in [2.45, 2.75) is 0 Å². The van der Waals surface area contributed by atoms with Gasteiger partial charge in [0, 0.05) is 13.1 Å². The summed E-state index contributed by atoms with van der Waals surface area (Å²) < 4.78 is 5.19. The first-order chi connectivity index (χ1) is 8.75. The Morgan fingerprint density at radius 2 is 2.17 bits per heavy atom. The average molecular weight is 248 g/mol. The molecule has 18 heavy (non-hydrogen) atoms. The van der Waals surface area contributed by atoms with E-state index in [1.54, 1.807) is 4.90 Å². The molecule has 0 spiro atoms. The third kappa shape index (κ3) is 1.76. The van der Waals surface area contributed by atoms with E-state index in [0.29, 0.717) is 37.5 Å². The molecule has 2 aromatic heterocycles. The molecule has 0 saturated carbocycles. The van der Waals surface area contributed by atoms with Crippen molar-refractivity contribution >= 4 is 22.9 Å². The Kier molecular flexibility index (Phi) is 2.56. The number of hydrogen-bond donors (Lipinski definition) is 2. The minimum atomic E-state index is -0.241. The summed E-state index contributed by atoms with van der Waals surface area (Å²) in [5, 5.41) is 0. The quantitative estimate of drug-likeness (QED) is 0.697. The first kappa shape index (κ1) is 10.9. The molecule has 1 saturated heterocycles. The smallest absolute Gasteiger partial charge is 0.291 e. The van der Waals surface area contributed by atoms with Gasteiger partial charge in [0.25, 0.3) is 5.91 Å². The van der Waals surface area contributed by atoms with Crippen molar-refractivity contribution in [1.29, 1.82) is 0 Å². The van der Waals surface area contributed by atoms with Gasteiger partial charge in [-0.25, -0.2) is 15.0 Å². The molecule has 8 nitrogen and oxygen atoms in total. The number of anilines is 1. The van der Waals surface area contributed by atoms with E-state index in [0.717, 1.165) is 0 Å². The van der Waals surface area contributed by atoms with Crippen LogP contribution in [-0.2, 0) is 4.74 Å². The summed E-state index contributed by atoms with van der Waals surface area (Å²) in [4.78, 5) is 28.7. The van der Waals surface area contributed by atoms with Crippen LogP contribution in [0.4, 0.5) is 5.82 Å². The van der Waals surface area contributed by atoms with Crippen molar-refractivity contribution in [2.24, 2.45) is 0 Å². The zero-order valence-electron chi connectivity index (χ0n) is 9.59. The summed E-state index contributed by atoms with van der Waals surface area (Å²) in [5.74, 6) is 0.0676. The van der Waals surface area contributed by atoms with E-state index in [4.69, 9.17) is 10.5 Å². The molecule has 94 valence electrons. The van der Waals surface area contributed by atoms with Gasteiger partial charge < -0.3 is 20.4 Å². The van der Waals surface area contributed by atoms with Crippen molar-refractivity contribution in [3.63, 3.8) is 0 Å². The molecule has 0 aromatic carbocycles. The van der Waals surface area contributed by atoms with Gasteiger partial charge in [0.1, 0.15) is 5.52 Å². The van der Waals surface area contributed by atoms with Crippen LogP contribution in [0.5, 0.6) is 0 Å². The maximum atomic E-state index is 12.2. The monoisotopic (exact) mass is 248 g/mol. The number of carbonyl (C=O) groups excluding carboxylic acids is 1. The maximum Gasteiger partial charge on any atom is 0.291 e. The number of imidazole rings is 1. The number of carbonyl (C=O) groups is 1. The fourth-order valence-electron chi connectivity index (χ4n) is 1.86. The second-order valence-electron chi connectivity index (χ2n) is 3.94. The highest BCUT2D eigenvalue weighted by atomic mass is 16.5. The van der Waals surface area contributed by atoms with E-state index in [-0.39, 0.29) is 17.5 Å². The van der Waals surface area contributed by atoms with Gasteiger partial charge in [0.05, 0.1) is 19.5 Å². The number of morpholine rings is 1. The summed E-state index contributed by atoms with van der Waals surface area (Å²) in [5.41, 5.74) is 6.70. The van der Waals surface area contributed by atoms with E-state index in [1.807, 2.05) is 0 Å². The van der Waals surface area contributed by atoms with Crippen molar-refractivity contribution < 1.29 is 9.53 Å². The van der Waals surface area contributed by atoms with Crippen molar-refractivity contribution in [3.05, 3.63) is 12.2 Å². The lowest BCUT2D eigenvalue weighted by Crippen LogP contribution is -2.41. The molecule has 0 bridgehead atoms. The summed E-state index contributed by atoms with van der Waals surface area (Å²) in [6.07, 6.45) is 1.47. The SMILES string of the molecule is Nc1nc(C(=O)N2CCOCC2)nc2nc[nH]c12. The molecule has 0 atom stereocenters. The Morgan fingerprint density at radius 1 is 1.39 bits per heavy atom. The van der Waals surface area contributed by atoms with Gasteiger partial charge in [0.2, 0.25) is 5.82 Å². The van der Waals surface area contributed by atoms with Gasteiger partial charge in [0.15, 0.2) is 11.5 Å². The van der Waals surface area contributed by atoms with Crippen LogP contribution in [-0.4, -0.2) is 57.0 Å². The largest absolute Gasteiger partial charge is 0.382 e. The zero-order valence-corrected chi connectivity index (χ0v) is 9.59. The predicted octanol–water partition coefficient (Wildman–Crippen LogP) is -0.593. The number of hydrogen-bond acceptors (Lipinski definition) is 6. The van der Waals surface area contributed by atoms with Gasteiger partial charge >= 0.3 is 0 Å². The molecular weight excluding hydrogens is 236 g/mol. The van der Waals surface area contributed by atoms with Crippen LogP contribution in [0.2, 0.25) is 0 Å². The molecule has 3 heterocycles. The molecule has 0 unspecified atom stereocenters. The number of fused-ring (bicyclic) bond motifs is 1. The number of nitrogens with one attached hydrogen (secondary N) is 1. The molecule has 1 fully saturated rings. The fraction of sp³-hybridized carbons (Fsp3) is 0.400. The summed E-state index contributed by atoms with van der Waals surface area (Å²) in [7, 11) is 0. The topological polar surface area (TPSA) is 110 Å². The highest BCUT2D eigenvalue weighted by molar-refractivity contribution is 5.94. The van der Waals surface area contributed by atoms with E-state index in [2.05, 4.69) is 19.9 Å². The van der Waals surface area contributed by atoms with E-state index in [1.165, 1.54) is 6.33 Å².